The van der Waals surface area contributed by atoms with Crippen molar-refractivity contribution in [2.75, 3.05) is 192 Å². The maximum absolute atomic E-state index is 15.9. The van der Waals surface area contributed by atoms with Crippen LogP contribution in [0.25, 0.3) is 33.4 Å². The van der Waals surface area contributed by atoms with Crippen molar-refractivity contribution in [1.82, 2.24) is 41.5 Å². The average Bonchev–Trinajstić information content (AvgIpc) is 1.55. The third-order valence-electron chi connectivity index (χ3n) is 25.7. The molecule has 0 spiro atoms. The monoisotopic (exact) mass is 2090 g/mol. The minimum Gasteiger partial charge on any atom is -0.460 e. The predicted molar refractivity (Wildman–Crippen MR) is 521 cm³/mol. The van der Waals surface area contributed by atoms with Gasteiger partial charge in [-0.1, -0.05) is 74.2 Å². The number of aromatic nitrogens is 2. The van der Waals surface area contributed by atoms with Gasteiger partial charge < -0.3 is 151 Å². The summed E-state index contributed by atoms with van der Waals surface area (Å²) >= 11 is 0. The number of aryl methyl sites for hydroxylation is 1. The number of pyridine rings is 2. The molecule has 812 valence electrons. The van der Waals surface area contributed by atoms with E-state index in [0.29, 0.717) is 160 Å². The molecule has 0 saturated carbocycles. The summed E-state index contributed by atoms with van der Waals surface area (Å²) in [4.78, 5) is 169. The Balaban J connectivity index is 0.575. The van der Waals surface area contributed by atoms with E-state index in [9.17, 15) is 62.6 Å². The minimum absolute atomic E-state index is 0.0449. The summed E-state index contributed by atoms with van der Waals surface area (Å²) in [6.07, 6.45) is -11.2. The average molecular weight is 2090 g/mol. The van der Waals surface area contributed by atoms with Crippen LogP contribution in [-0.2, 0) is 186 Å². The Hall–Kier alpha value is -12.2. The van der Waals surface area contributed by atoms with Gasteiger partial charge in [0, 0.05) is 94.3 Å². The smallest absolute Gasteiger partial charge is 0.407 e. The Morgan fingerprint density at radius 2 is 1.15 bits per heavy atom. The van der Waals surface area contributed by atoms with Crippen LogP contribution in [0.2, 0.25) is 0 Å². The number of halogens is 1. The van der Waals surface area contributed by atoms with E-state index in [1.54, 1.807) is 21.0 Å². The van der Waals surface area contributed by atoms with Crippen LogP contribution in [0, 0.1) is 12.7 Å². The normalized spacial score (nSPS) is 20.2. The molecule has 7 heterocycles. The minimum atomic E-state index is -2.15. The number of rotatable bonds is 63. The van der Waals surface area contributed by atoms with Crippen molar-refractivity contribution >= 4 is 76.6 Å². The highest BCUT2D eigenvalue weighted by atomic mass is 19.1. The summed E-state index contributed by atoms with van der Waals surface area (Å²) in [7, 11) is 1.63. The number of fused-ring (bicyclic) bond motifs is 9. The van der Waals surface area contributed by atoms with Crippen LogP contribution < -0.4 is 42.2 Å². The fraction of sp³-hybridized carbons (Fsp3) is 0.567. The first-order valence-electron chi connectivity index (χ1n) is 50.1. The number of esters is 5. The van der Waals surface area contributed by atoms with Gasteiger partial charge in [-0.25, -0.2) is 28.6 Å². The molecule has 45 heteroatoms. The van der Waals surface area contributed by atoms with Gasteiger partial charge in [-0.05, 0) is 102 Å². The number of hydrogen-bond acceptors (Lipinski definition) is 37. The third kappa shape index (κ3) is 31.5. The Kier molecular flexibility index (Phi) is 44.2. The number of cyclic esters (lactones) is 1. The first-order valence-corrected chi connectivity index (χ1v) is 50.1. The van der Waals surface area contributed by atoms with Gasteiger partial charge in [0.15, 0.2) is 23.9 Å². The summed E-state index contributed by atoms with van der Waals surface area (Å²) in [5, 5.41) is 29.3. The van der Waals surface area contributed by atoms with Crippen molar-refractivity contribution in [3.05, 3.63) is 163 Å². The molecule has 13 rings (SSSR count). The molecule has 12 atom stereocenters. The maximum atomic E-state index is 15.9. The Morgan fingerprint density at radius 3 is 1.70 bits per heavy atom. The molecule has 44 nitrogen and oxygen atoms in total. The SMILES string of the molecule is C=CCOC(=O)[C@H]1O[C@@H](Oc2ccc(COC(=O)N[C@H]3CCc4c(C)c(F)cc5nc6c(c3c45)Cn3c-6cc4c(c3=O)COC(=O)[C@]4(O)CC)cc2CNC(=O)CCNC(=O)[C@H](CCCC(=O)N[C@H]2CO[C@H]3[C@@H]2OC[C@@H]3NC(=O)CCOCCOCCOCCOCCOCCOCCOCCOCCOCCOCCOCCOC)NC(=O)OCC2c3ccccc3-c3ccccc32)[C@H](OC(C)=O)[C@@H](OC(C)=O)[C@@H]1OC(C)=O. The molecule has 0 unspecified atom stereocenters. The Bertz CT molecular complexity index is 5610. The van der Waals surface area contributed by atoms with E-state index in [0.717, 1.165) is 43.0 Å². The third-order valence-corrected chi connectivity index (χ3v) is 25.7. The van der Waals surface area contributed by atoms with Crippen LogP contribution >= 0.6 is 0 Å². The topological polar surface area (TPSA) is 527 Å². The molecule has 2 aliphatic carbocycles. The Morgan fingerprint density at radius 1 is 0.604 bits per heavy atom. The number of methoxy groups -OCH3 is 1. The van der Waals surface area contributed by atoms with Crippen LogP contribution in [0.1, 0.15) is 140 Å². The zero-order valence-electron chi connectivity index (χ0n) is 84.5. The highest BCUT2D eigenvalue weighted by Crippen LogP contribution is 2.48. The van der Waals surface area contributed by atoms with E-state index in [-0.39, 0.29) is 168 Å². The van der Waals surface area contributed by atoms with Gasteiger partial charge in [0.25, 0.3) is 5.56 Å². The fourth-order valence-electron chi connectivity index (χ4n) is 18.5. The number of amides is 6. The second kappa shape index (κ2) is 57.7. The number of alkyl carbamates (subject to hydrolysis) is 2. The van der Waals surface area contributed by atoms with Crippen LogP contribution in [0.3, 0.4) is 0 Å². The van der Waals surface area contributed by atoms with Gasteiger partial charge in [0.2, 0.25) is 36.0 Å². The van der Waals surface area contributed by atoms with Gasteiger partial charge in [0.05, 0.1) is 212 Å². The maximum Gasteiger partial charge on any atom is 0.407 e. The van der Waals surface area contributed by atoms with Crippen molar-refractivity contribution in [3.63, 3.8) is 0 Å². The number of nitrogens with one attached hydrogen (secondary N) is 6. The van der Waals surface area contributed by atoms with E-state index in [1.807, 2.05) is 48.5 Å². The fourth-order valence-corrected chi connectivity index (χ4v) is 18.5. The van der Waals surface area contributed by atoms with Crippen molar-refractivity contribution in [1.29, 1.82) is 0 Å². The van der Waals surface area contributed by atoms with Crippen LogP contribution in [0.5, 0.6) is 5.75 Å². The number of aliphatic hydroxyl groups is 1. The second-order valence-electron chi connectivity index (χ2n) is 35.9. The lowest BCUT2D eigenvalue weighted by atomic mass is 9.81. The number of benzene rings is 4. The van der Waals surface area contributed by atoms with Crippen molar-refractivity contribution in [2.45, 2.75) is 191 Å². The van der Waals surface area contributed by atoms with Gasteiger partial charge in [-0.2, -0.15) is 0 Å². The molecule has 6 aromatic rings. The van der Waals surface area contributed by atoms with Gasteiger partial charge >= 0.3 is 42.0 Å². The Labute approximate surface area is 859 Å². The summed E-state index contributed by atoms with van der Waals surface area (Å²) in [5.74, 6) is -8.17. The molecule has 7 N–H and O–H groups in total. The molecule has 7 aliphatic rings. The second-order valence-corrected chi connectivity index (χ2v) is 35.9. The summed E-state index contributed by atoms with van der Waals surface area (Å²) in [6, 6.07) is 19.3. The first kappa shape index (κ1) is 114. The van der Waals surface area contributed by atoms with Gasteiger partial charge in [-0.3, -0.25) is 38.4 Å². The quantitative estimate of drug-likeness (QED) is 0.0111. The highest BCUT2D eigenvalue weighted by Gasteiger charge is 2.57. The van der Waals surface area contributed by atoms with Crippen LogP contribution in [0.15, 0.2) is 96.3 Å². The predicted octanol–water partition coefficient (Wildman–Crippen LogP) is 5.26. The molecule has 3 saturated heterocycles. The van der Waals surface area contributed by atoms with Crippen LogP contribution in [0.4, 0.5) is 14.0 Å². The summed E-state index contributed by atoms with van der Waals surface area (Å²) < 4.78 is 147. The lowest BCUT2D eigenvalue weighted by Gasteiger charge is -2.43. The number of carbonyl (C=O) groups excluding carboxylic acids is 11. The largest absolute Gasteiger partial charge is 0.460 e. The molecule has 2 aromatic heterocycles. The standard InChI is InChI=1S/C104H133FN8O36/c1-8-28-139-99(122)95-93(145-63(4)114)94(146-64(5)115)96(147-65(6)116)100(149-95)148-84-24-21-66(57-143-102(124)111-78-23-22-68-62(3)77(105)54-80-88(68)89(78)73-56-113-83(90(73)110-80)53-76-75(98(113)121)59-142-101(123)104(76,126)9-2)52-67(84)55-107-85(117)25-27-106-97(120)79(112-103(125)144-58-74-71-17-12-10-15-69(71)70-16-11-13-18-72(70)74)19-14-20-86(118)108-81-60-140-92-82(61-141-91(81)92)109-87(119)26-29-128-32-33-130-36-37-132-40-41-134-44-45-136-48-49-138-51-50-137-47-46-135-43-42-133-39-38-131-35-34-129-31-30-127-7/h8,10-13,15-18,21,24,52-54,74,78-79,81-82,91-96,100,126H,1,9,14,19-20,22-23,25-51,55-61H2,2-7H3,(H,106,120)(H,107,117)(H,108,118)(H,109,119)(H,111,124)(H,112,125)/t78-,79-,81-,82-,91+,92+,93-,94-,95-,96+,100+,104-/m0/s1. The van der Waals surface area contributed by atoms with Crippen molar-refractivity contribution in [2.24, 2.45) is 0 Å². The number of ether oxygens (including phenoxy) is 23. The molecular weight excluding hydrogens is 1960 g/mol. The van der Waals surface area contributed by atoms with Gasteiger partial charge in [0.1, 0.15) is 56.2 Å². The highest BCUT2D eigenvalue weighted by molar-refractivity contribution is 5.94. The van der Waals surface area contributed by atoms with Crippen molar-refractivity contribution < 1.29 is 171 Å². The lowest BCUT2D eigenvalue weighted by molar-refractivity contribution is -0.282. The summed E-state index contributed by atoms with van der Waals surface area (Å²) in [5.41, 5.74) is 4.44. The van der Waals surface area contributed by atoms with E-state index in [4.69, 9.17) is 114 Å². The first-order chi connectivity index (χ1) is 72.2. The van der Waals surface area contributed by atoms with E-state index in [2.05, 4.69) is 38.5 Å². The molecule has 0 bridgehead atoms. The zero-order valence-corrected chi connectivity index (χ0v) is 84.5. The van der Waals surface area contributed by atoms with E-state index < -0.39 is 163 Å². The molecule has 5 aliphatic heterocycles. The van der Waals surface area contributed by atoms with Gasteiger partial charge in [-0.15, -0.1) is 0 Å². The zero-order chi connectivity index (χ0) is 106. The molecule has 6 amide bonds. The van der Waals surface area contributed by atoms with Crippen LogP contribution in [-0.4, -0.2) is 333 Å². The number of hydrogen-bond donors (Lipinski definition) is 7. The number of carbonyl (C=O) groups is 11. The molecule has 0 radical (unpaired) electrons. The van der Waals surface area contributed by atoms with E-state index >= 15 is 4.39 Å². The molecule has 4 aromatic carbocycles. The van der Waals surface area contributed by atoms with Crippen molar-refractivity contribution in [3.8, 4) is 28.3 Å². The van der Waals surface area contributed by atoms with E-state index in [1.165, 1.54) is 41.0 Å². The number of nitrogens with zero attached hydrogens (tertiary/aromatic N) is 2. The molecule has 3 fully saturated rings. The summed E-state index contributed by atoms with van der Waals surface area (Å²) in [6.45, 7) is 17.4. The lowest BCUT2D eigenvalue weighted by Crippen LogP contribution is -2.64. The molecule has 149 heavy (non-hydrogen) atoms. The molecular formula is C104H133FN8O36.